The van der Waals surface area contributed by atoms with Gasteiger partial charge in [-0.05, 0) is 62.6 Å². The summed E-state index contributed by atoms with van der Waals surface area (Å²) in [6.45, 7) is 6.86. The lowest BCUT2D eigenvalue weighted by molar-refractivity contribution is 0.907. The fourth-order valence-electron chi connectivity index (χ4n) is 2.88. The molecule has 1 saturated heterocycles. The second-order valence-corrected chi connectivity index (χ2v) is 6.96. The second kappa shape index (κ2) is 6.52. The van der Waals surface area contributed by atoms with Gasteiger partial charge in [-0.3, -0.25) is 0 Å². The number of nitrogens with zero attached hydrogens (tertiary/aromatic N) is 1. The Bertz CT molecular complexity index is 567. The monoisotopic (exact) mass is 300 g/mol. The molecule has 0 bridgehead atoms. The van der Waals surface area contributed by atoms with Gasteiger partial charge >= 0.3 is 0 Å². The molecule has 1 unspecified atom stereocenters. The number of thiophene rings is 1. The number of nitrogens with one attached hydrogen (secondary N) is 1. The van der Waals surface area contributed by atoms with Crippen LogP contribution in [0.25, 0.3) is 0 Å². The molecule has 1 atom stereocenters. The maximum atomic E-state index is 3.61. The summed E-state index contributed by atoms with van der Waals surface area (Å²) in [7, 11) is 0. The highest BCUT2D eigenvalue weighted by molar-refractivity contribution is 7.12. The van der Waals surface area contributed by atoms with E-state index in [1.54, 1.807) is 0 Å². The van der Waals surface area contributed by atoms with E-state index in [9.17, 15) is 0 Å². The minimum absolute atomic E-state index is 0.368. The Kier molecular flexibility index (Phi) is 4.49. The van der Waals surface area contributed by atoms with Crippen molar-refractivity contribution in [2.45, 2.75) is 39.2 Å². The molecule has 0 aliphatic carbocycles. The van der Waals surface area contributed by atoms with Crippen LogP contribution in [0.1, 0.15) is 42.5 Å². The molecule has 21 heavy (non-hydrogen) atoms. The van der Waals surface area contributed by atoms with E-state index in [1.165, 1.54) is 47.1 Å². The molecule has 2 heterocycles. The third kappa shape index (κ3) is 3.41. The molecular weight excluding hydrogens is 276 g/mol. The fourth-order valence-corrected chi connectivity index (χ4v) is 3.84. The molecule has 1 aromatic carbocycles. The molecule has 1 fully saturated rings. The summed E-state index contributed by atoms with van der Waals surface area (Å²) in [5.41, 5.74) is 2.56. The average molecular weight is 300 g/mol. The van der Waals surface area contributed by atoms with Crippen LogP contribution in [0.2, 0.25) is 0 Å². The molecular formula is C18H24N2S. The van der Waals surface area contributed by atoms with E-state index < -0.39 is 0 Å². The summed E-state index contributed by atoms with van der Waals surface area (Å²) in [4.78, 5) is 5.35. The van der Waals surface area contributed by atoms with E-state index in [0.717, 1.165) is 6.42 Å². The van der Waals surface area contributed by atoms with Crippen molar-refractivity contribution in [3.05, 3.63) is 46.2 Å². The smallest absolute Gasteiger partial charge is 0.0578 e. The van der Waals surface area contributed by atoms with Gasteiger partial charge in [0.05, 0.1) is 6.04 Å². The van der Waals surface area contributed by atoms with E-state index in [1.807, 2.05) is 11.3 Å². The highest BCUT2D eigenvalue weighted by atomic mass is 32.1. The van der Waals surface area contributed by atoms with Crippen molar-refractivity contribution in [1.82, 2.24) is 0 Å². The van der Waals surface area contributed by atoms with Gasteiger partial charge in [-0.25, -0.2) is 0 Å². The second-order valence-electron chi connectivity index (χ2n) is 5.76. The molecule has 3 heteroatoms. The van der Waals surface area contributed by atoms with Crippen LogP contribution in [0.3, 0.4) is 0 Å². The lowest BCUT2D eigenvalue weighted by Crippen LogP contribution is -2.17. The van der Waals surface area contributed by atoms with Gasteiger partial charge in [0, 0.05) is 34.2 Å². The molecule has 0 saturated carbocycles. The molecule has 0 amide bonds. The van der Waals surface area contributed by atoms with E-state index in [-0.39, 0.29) is 0 Å². The van der Waals surface area contributed by atoms with Crippen LogP contribution in [-0.2, 0) is 6.42 Å². The normalized spacial score (nSPS) is 16.2. The lowest BCUT2D eigenvalue weighted by atomic mass is 10.2. The summed E-state index contributed by atoms with van der Waals surface area (Å²) >= 11 is 1.91. The lowest BCUT2D eigenvalue weighted by Gasteiger charge is -2.19. The molecule has 1 aliphatic rings. The largest absolute Gasteiger partial charge is 0.378 e. The number of benzene rings is 1. The third-order valence-electron chi connectivity index (χ3n) is 4.18. The van der Waals surface area contributed by atoms with Crippen molar-refractivity contribution >= 4 is 22.7 Å². The van der Waals surface area contributed by atoms with Crippen LogP contribution in [0.15, 0.2) is 36.4 Å². The standard InChI is InChI=1S/C18H24N2S/c1-3-17-10-11-18(21-17)14(2)19-15-6-8-16(9-7-15)20-12-4-5-13-20/h6-11,14,19H,3-5,12-13H2,1-2H3. The van der Waals surface area contributed by atoms with E-state index in [2.05, 4.69) is 60.5 Å². The number of hydrogen-bond donors (Lipinski definition) is 1. The number of hydrogen-bond acceptors (Lipinski definition) is 3. The van der Waals surface area contributed by atoms with Gasteiger partial charge in [-0.15, -0.1) is 11.3 Å². The molecule has 3 rings (SSSR count). The molecule has 1 N–H and O–H groups in total. The van der Waals surface area contributed by atoms with Crippen LogP contribution in [0.5, 0.6) is 0 Å². The molecule has 2 aromatic rings. The Hall–Kier alpha value is -1.48. The Balaban J connectivity index is 1.64. The Labute approximate surface area is 131 Å². The van der Waals surface area contributed by atoms with Gasteiger partial charge in [-0.2, -0.15) is 0 Å². The Morgan fingerprint density at radius 2 is 1.81 bits per heavy atom. The first kappa shape index (κ1) is 14.5. The minimum Gasteiger partial charge on any atom is -0.378 e. The number of aryl methyl sites for hydroxylation is 1. The van der Waals surface area contributed by atoms with Gasteiger partial charge in [0.1, 0.15) is 0 Å². The van der Waals surface area contributed by atoms with Crippen molar-refractivity contribution < 1.29 is 0 Å². The predicted molar refractivity (Wildman–Crippen MR) is 93.6 cm³/mol. The van der Waals surface area contributed by atoms with Crippen molar-refractivity contribution in [3.8, 4) is 0 Å². The molecule has 0 radical (unpaired) electrons. The van der Waals surface area contributed by atoms with Crippen molar-refractivity contribution in [2.24, 2.45) is 0 Å². The van der Waals surface area contributed by atoms with Gasteiger partial charge in [0.2, 0.25) is 0 Å². The van der Waals surface area contributed by atoms with E-state index >= 15 is 0 Å². The van der Waals surface area contributed by atoms with Crippen LogP contribution in [0, 0.1) is 0 Å². The quantitative estimate of drug-likeness (QED) is 0.828. The summed E-state index contributed by atoms with van der Waals surface area (Å²) in [6.07, 6.45) is 3.78. The van der Waals surface area contributed by atoms with Gasteiger partial charge in [0.25, 0.3) is 0 Å². The molecule has 0 spiro atoms. The average Bonchev–Trinajstić information content (AvgIpc) is 3.19. The van der Waals surface area contributed by atoms with Crippen molar-refractivity contribution in [2.75, 3.05) is 23.3 Å². The first-order chi connectivity index (χ1) is 10.3. The first-order valence-electron chi connectivity index (χ1n) is 7.96. The van der Waals surface area contributed by atoms with E-state index in [0.29, 0.717) is 6.04 Å². The fraction of sp³-hybridized carbons (Fsp3) is 0.444. The van der Waals surface area contributed by atoms with Crippen LogP contribution < -0.4 is 10.2 Å². The predicted octanol–water partition coefficient (Wildman–Crippen LogP) is 5.08. The highest BCUT2D eigenvalue weighted by Crippen LogP contribution is 2.28. The maximum Gasteiger partial charge on any atom is 0.0578 e. The minimum atomic E-state index is 0.368. The van der Waals surface area contributed by atoms with Gasteiger partial charge in [0.15, 0.2) is 0 Å². The molecule has 1 aromatic heterocycles. The first-order valence-corrected chi connectivity index (χ1v) is 8.78. The van der Waals surface area contributed by atoms with Crippen molar-refractivity contribution in [3.63, 3.8) is 0 Å². The number of anilines is 2. The summed E-state index contributed by atoms with van der Waals surface area (Å²) in [5, 5.41) is 3.61. The number of rotatable bonds is 5. The van der Waals surface area contributed by atoms with Crippen LogP contribution in [-0.4, -0.2) is 13.1 Å². The summed E-state index contributed by atoms with van der Waals surface area (Å²) < 4.78 is 0. The Morgan fingerprint density at radius 1 is 1.10 bits per heavy atom. The van der Waals surface area contributed by atoms with Crippen LogP contribution >= 0.6 is 11.3 Å². The maximum absolute atomic E-state index is 3.61. The van der Waals surface area contributed by atoms with Gasteiger partial charge in [-0.1, -0.05) is 6.92 Å². The zero-order valence-corrected chi connectivity index (χ0v) is 13.7. The zero-order chi connectivity index (χ0) is 14.7. The van der Waals surface area contributed by atoms with Crippen LogP contribution in [0.4, 0.5) is 11.4 Å². The molecule has 2 nitrogen and oxygen atoms in total. The highest BCUT2D eigenvalue weighted by Gasteiger charge is 2.12. The Morgan fingerprint density at radius 3 is 2.43 bits per heavy atom. The zero-order valence-electron chi connectivity index (χ0n) is 12.9. The summed E-state index contributed by atoms with van der Waals surface area (Å²) in [6, 6.07) is 13.8. The molecule has 112 valence electrons. The van der Waals surface area contributed by atoms with Crippen molar-refractivity contribution in [1.29, 1.82) is 0 Å². The molecule has 1 aliphatic heterocycles. The SMILES string of the molecule is CCc1ccc(C(C)Nc2ccc(N3CCCC3)cc2)s1. The summed E-state index contributed by atoms with van der Waals surface area (Å²) in [5.74, 6) is 0. The topological polar surface area (TPSA) is 15.3 Å². The van der Waals surface area contributed by atoms with Gasteiger partial charge < -0.3 is 10.2 Å². The third-order valence-corrected chi connectivity index (χ3v) is 5.59. The van der Waals surface area contributed by atoms with E-state index in [4.69, 9.17) is 0 Å².